The van der Waals surface area contributed by atoms with E-state index in [1.165, 1.54) is 0 Å². The molecule has 0 radical (unpaired) electrons. The number of aryl methyl sites for hydroxylation is 1. The molecule has 3 heteroatoms. The number of aromatic amines is 1. The lowest BCUT2D eigenvalue weighted by Gasteiger charge is -1.89. The molecular formula is C8H7NOS. The van der Waals surface area contributed by atoms with Crippen molar-refractivity contribution in [1.29, 1.82) is 0 Å². The molecule has 1 N–H and O–H groups in total. The quantitative estimate of drug-likeness (QED) is 0.608. The number of nitrogens with one attached hydrogen (secondary N) is 1. The summed E-state index contributed by atoms with van der Waals surface area (Å²) in [7, 11) is 0. The maximum absolute atomic E-state index is 5.26. The molecule has 2 nitrogen and oxygen atoms in total. The number of oxazole rings is 1. The number of benzene rings is 1. The van der Waals surface area contributed by atoms with Crippen LogP contribution in [0.15, 0.2) is 22.6 Å². The van der Waals surface area contributed by atoms with Gasteiger partial charge in [-0.3, -0.25) is 0 Å². The van der Waals surface area contributed by atoms with Gasteiger partial charge in [0.2, 0.25) is 0 Å². The minimum Gasteiger partial charge on any atom is -0.429 e. The molecule has 0 atom stereocenters. The molecule has 0 aliphatic carbocycles. The molecule has 2 aromatic rings. The van der Waals surface area contributed by atoms with Crippen LogP contribution in [-0.4, -0.2) is 4.98 Å². The van der Waals surface area contributed by atoms with Crippen molar-refractivity contribution in [3.05, 3.63) is 28.6 Å². The third-order valence-corrected chi connectivity index (χ3v) is 1.83. The smallest absolute Gasteiger partial charge is 0.266 e. The fourth-order valence-corrected chi connectivity index (χ4v) is 1.31. The summed E-state index contributed by atoms with van der Waals surface area (Å²) >= 11 is 4.85. The fraction of sp³-hybridized carbons (Fsp3) is 0.125. The van der Waals surface area contributed by atoms with Crippen LogP contribution < -0.4 is 0 Å². The van der Waals surface area contributed by atoms with Gasteiger partial charge in [-0.05, 0) is 30.8 Å². The lowest BCUT2D eigenvalue weighted by atomic mass is 10.2. The van der Waals surface area contributed by atoms with Crippen molar-refractivity contribution in [2.45, 2.75) is 6.92 Å². The Morgan fingerprint density at radius 1 is 1.45 bits per heavy atom. The predicted molar refractivity (Wildman–Crippen MR) is 46.1 cm³/mol. The second-order valence-corrected chi connectivity index (χ2v) is 2.84. The molecular weight excluding hydrogens is 158 g/mol. The van der Waals surface area contributed by atoms with E-state index in [1.807, 2.05) is 25.1 Å². The molecule has 56 valence electrons. The first kappa shape index (κ1) is 6.61. The van der Waals surface area contributed by atoms with Crippen LogP contribution in [0.25, 0.3) is 11.1 Å². The molecule has 0 bridgehead atoms. The van der Waals surface area contributed by atoms with Crippen molar-refractivity contribution < 1.29 is 4.42 Å². The average molecular weight is 165 g/mol. The van der Waals surface area contributed by atoms with Gasteiger partial charge in [-0.2, -0.15) is 0 Å². The molecule has 1 aromatic carbocycles. The number of hydrogen-bond donors (Lipinski definition) is 1. The SMILES string of the molecule is Cc1cccc2[nH]c(=S)oc12. The van der Waals surface area contributed by atoms with Crippen LogP contribution in [0.1, 0.15) is 5.56 Å². The molecule has 2 rings (SSSR count). The maximum Gasteiger partial charge on any atom is 0.266 e. The largest absolute Gasteiger partial charge is 0.429 e. The van der Waals surface area contributed by atoms with Crippen molar-refractivity contribution in [2.75, 3.05) is 0 Å². The molecule has 1 aromatic heterocycles. The molecule has 0 aliphatic heterocycles. The molecule has 0 spiro atoms. The van der Waals surface area contributed by atoms with E-state index in [4.69, 9.17) is 16.6 Å². The summed E-state index contributed by atoms with van der Waals surface area (Å²) in [5, 5.41) is 0. The van der Waals surface area contributed by atoms with Crippen molar-refractivity contribution in [3.8, 4) is 0 Å². The second kappa shape index (κ2) is 2.20. The van der Waals surface area contributed by atoms with Crippen LogP contribution >= 0.6 is 12.2 Å². The van der Waals surface area contributed by atoms with Crippen LogP contribution in [0.3, 0.4) is 0 Å². The van der Waals surface area contributed by atoms with E-state index in [9.17, 15) is 0 Å². The van der Waals surface area contributed by atoms with Crippen LogP contribution in [0.2, 0.25) is 0 Å². The Morgan fingerprint density at radius 3 is 3.00 bits per heavy atom. The fourth-order valence-electron chi connectivity index (χ4n) is 1.11. The highest BCUT2D eigenvalue weighted by Gasteiger charge is 1.99. The summed E-state index contributed by atoms with van der Waals surface area (Å²) in [6, 6.07) is 5.91. The van der Waals surface area contributed by atoms with E-state index < -0.39 is 0 Å². The van der Waals surface area contributed by atoms with Gasteiger partial charge in [0.15, 0.2) is 5.58 Å². The van der Waals surface area contributed by atoms with E-state index in [2.05, 4.69) is 4.98 Å². The zero-order valence-electron chi connectivity index (χ0n) is 6.05. The number of hydrogen-bond acceptors (Lipinski definition) is 2. The third-order valence-electron chi connectivity index (χ3n) is 1.64. The van der Waals surface area contributed by atoms with Crippen LogP contribution in [0, 0.1) is 11.8 Å². The molecule has 0 amide bonds. The number of H-pyrrole nitrogens is 1. The number of para-hydroxylation sites is 1. The molecule has 0 aliphatic rings. The number of fused-ring (bicyclic) bond motifs is 1. The summed E-state index contributed by atoms with van der Waals surface area (Å²) in [4.78, 5) is 3.39. The monoisotopic (exact) mass is 165 g/mol. The Labute approximate surface area is 68.9 Å². The van der Waals surface area contributed by atoms with Crippen LogP contribution in [0.4, 0.5) is 0 Å². The molecule has 11 heavy (non-hydrogen) atoms. The molecule has 0 saturated heterocycles. The van der Waals surface area contributed by atoms with Crippen molar-refractivity contribution in [2.24, 2.45) is 0 Å². The van der Waals surface area contributed by atoms with E-state index in [0.717, 1.165) is 16.7 Å². The second-order valence-electron chi connectivity index (χ2n) is 2.47. The molecule has 0 fully saturated rings. The van der Waals surface area contributed by atoms with Gasteiger partial charge in [0.25, 0.3) is 4.84 Å². The predicted octanol–water partition coefficient (Wildman–Crippen LogP) is 2.80. The van der Waals surface area contributed by atoms with Gasteiger partial charge in [-0.15, -0.1) is 0 Å². The summed E-state index contributed by atoms with van der Waals surface area (Å²) in [5.41, 5.74) is 2.93. The lowest BCUT2D eigenvalue weighted by Crippen LogP contribution is -1.71. The first-order valence-electron chi connectivity index (χ1n) is 3.36. The summed E-state index contributed by atoms with van der Waals surface area (Å²) in [6.07, 6.45) is 0. The van der Waals surface area contributed by atoms with E-state index in [0.29, 0.717) is 4.84 Å². The Kier molecular flexibility index (Phi) is 1.32. The number of aromatic nitrogens is 1. The van der Waals surface area contributed by atoms with Crippen LogP contribution in [0.5, 0.6) is 0 Å². The van der Waals surface area contributed by atoms with Gasteiger partial charge >= 0.3 is 0 Å². The maximum atomic E-state index is 5.26. The lowest BCUT2D eigenvalue weighted by molar-refractivity contribution is 0.581. The van der Waals surface area contributed by atoms with Crippen molar-refractivity contribution in [3.63, 3.8) is 0 Å². The summed E-state index contributed by atoms with van der Waals surface area (Å²) < 4.78 is 5.26. The summed E-state index contributed by atoms with van der Waals surface area (Å²) in [6.45, 7) is 1.99. The third kappa shape index (κ3) is 0.973. The van der Waals surface area contributed by atoms with Gasteiger partial charge in [0.1, 0.15) is 0 Å². The molecule has 1 heterocycles. The standard InChI is InChI=1S/C8H7NOS/c1-5-3-2-4-6-7(5)10-8(11)9-6/h2-4H,1H3,(H,9,11). The van der Waals surface area contributed by atoms with Gasteiger partial charge in [0.05, 0.1) is 5.52 Å². The Morgan fingerprint density at radius 2 is 2.27 bits per heavy atom. The van der Waals surface area contributed by atoms with Crippen molar-refractivity contribution in [1.82, 2.24) is 4.98 Å². The van der Waals surface area contributed by atoms with E-state index >= 15 is 0 Å². The summed E-state index contributed by atoms with van der Waals surface area (Å²) in [5.74, 6) is 0. The molecule has 0 saturated carbocycles. The highest BCUT2D eigenvalue weighted by molar-refractivity contribution is 7.71. The van der Waals surface area contributed by atoms with Gasteiger partial charge in [-0.25, -0.2) is 0 Å². The van der Waals surface area contributed by atoms with Crippen LogP contribution in [-0.2, 0) is 0 Å². The van der Waals surface area contributed by atoms with Gasteiger partial charge < -0.3 is 9.40 Å². The highest BCUT2D eigenvalue weighted by Crippen LogP contribution is 2.16. The Balaban J connectivity index is 3.01. The first-order chi connectivity index (χ1) is 5.27. The average Bonchev–Trinajstić information content (AvgIpc) is 2.31. The Hall–Kier alpha value is -1.09. The van der Waals surface area contributed by atoms with E-state index in [-0.39, 0.29) is 0 Å². The van der Waals surface area contributed by atoms with E-state index in [1.54, 1.807) is 0 Å². The minimum absolute atomic E-state index is 0.439. The zero-order chi connectivity index (χ0) is 7.84. The van der Waals surface area contributed by atoms with Gasteiger partial charge in [0, 0.05) is 0 Å². The molecule has 0 unspecified atom stereocenters. The first-order valence-corrected chi connectivity index (χ1v) is 3.76. The Bertz CT molecular complexity index is 441. The normalized spacial score (nSPS) is 10.6. The van der Waals surface area contributed by atoms with Gasteiger partial charge in [-0.1, -0.05) is 12.1 Å². The zero-order valence-corrected chi connectivity index (χ0v) is 6.87. The highest BCUT2D eigenvalue weighted by atomic mass is 32.1. The minimum atomic E-state index is 0.439. The number of rotatable bonds is 0. The topological polar surface area (TPSA) is 28.9 Å². The van der Waals surface area contributed by atoms with Crippen molar-refractivity contribution >= 4 is 23.3 Å².